The minimum absolute atomic E-state index is 0. The van der Waals surface area contributed by atoms with Crippen LogP contribution in [0.25, 0.3) is 21.8 Å². The van der Waals surface area contributed by atoms with Crippen molar-refractivity contribution in [1.82, 2.24) is 9.97 Å². The molecular formula is C31H31N3O7. The van der Waals surface area contributed by atoms with Crippen LogP contribution in [0.2, 0.25) is 0 Å². The van der Waals surface area contributed by atoms with Crippen LogP contribution < -0.4 is 0 Å². The van der Waals surface area contributed by atoms with E-state index in [1.807, 2.05) is 30.3 Å². The zero-order valence-electron chi connectivity index (χ0n) is 21.8. The number of esters is 2. The molecule has 3 aromatic carbocycles. The van der Waals surface area contributed by atoms with E-state index >= 15 is 0 Å². The first-order chi connectivity index (χ1) is 19.4. The summed E-state index contributed by atoms with van der Waals surface area (Å²) < 4.78 is 9.83. The van der Waals surface area contributed by atoms with E-state index < -0.39 is 11.9 Å². The van der Waals surface area contributed by atoms with Gasteiger partial charge in [0, 0.05) is 33.6 Å². The molecule has 0 saturated carbocycles. The molecule has 0 aliphatic heterocycles. The van der Waals surface area contributed by atoms with Crippen LogP contribution in [0.5, 0.6) is 11.5 Å². The van der Waals surface area contributed by atoms with E-state index in [0.717, 1.165) is 11.2 Å². The van der Waals surface area contributed by atoms with Gasteiger partial charge < -0.3 is 29.7 Å². The van der Waals surface area contributed by atoms with Gasteiger partial charge in [-0.3, -0.25) is 9.79 Å². The highest BCUT2D eigenvalue weighted by Gasteiger charge is 2.15. The Kier molecular flexibility index (Phi) is 10.0. The second kappa shape index (κ2) is 13.6. The van der Waals surface area contributed by atoms with Crippen LogP contribution >= 0.6 is 0 Å². The number of aliphatic imine (C=N–C) groups is 1. The van der Waals surface area contributed by atoms with E-state index in [4.69, 9.17) is 9.47 Å². The smallest absolute Gasteiger partial charge is 0.354 e. The lowest BCUT2D eigenvalue weighted by molar-refractivity contribution is 0.0511. The first-order valence-corrected chi connectivity index (χ1v) is 12.4. The van der Waals surface area contributed by atoms with Gasteiger partial charge in [0.25, 0.3) is 0 Å². The molecule has 5 rings (SSSR count). The molecule has 10 heteroatoms. The zero-order valence-corrected chi connectivity index (χ0v) is 21.8. The van der Waals surface area contributed by atoms with Gasteiger partial charge in [-0.2, -0.15) is 0 Å². The molecule has 2 aromatic heterocycles. The van der Waals surface area contributed by atoms with Gasteiger partial charge in [0.1, 0.15) is 22.9 Å². The monoisotopic (exact) mass is 557 g/mol. The predicted octanol–water partition coefficient (Wildman–Crippen LogP) is 6.30. The minimum atomic E-state index is -0.486. The average molecular weight is 558 g/mol. The van der Waals surface area contributed by atoms with E-state index in [-0.39, 0.29) is 36.8 Å². The summed E-state index contributed by atoms with van der Waals surface area (Å²) >= 11 is 0. The predicted molar refractivity (Wildman–Crippen MR) is 158 cm³/mol. The van der Waals surface area contributed by atoms with Gasteiger partial charge in [-0.25, -0.2) is 9.59 Å². The molecule has 10 nitrogen and oxygen atoms in total. The number of phenols is 2. The molecular weight excluding hydrogens is 526 g/mol. The molecule has 5 aromatic rings. The fourth-order valence-electron chi connectivity index (χ4n) is 3.98. The lowest BCUT2D eigenvalue weighted by atomic mass is 10.1. The molecule has 212 valence electrons. The second-order valence-electron chi connectivity index (χ2n) is 8.44. The van der Waals surface area contributed by atoms with Gasteiger partial charge in [-0.05, 0) is 62.4 Å². The average Bonchev–Trinajstić information content (AvgIpc) is 3.59. The molecule has 0 spiro atoms. The van der Waals surface area contributed by atoms with Crippen LogP contribution in [0.4, 0.5) is 5.69 Å². The fraction of sp³-hybridized carbons (Fsp3) is 0.161. The molecule has 4 N–H and O–H groups in total. The number of nitrogens with zero attached hydrogens (tertiary/aromatic N) is 1. The summed E-state index contributed by atoms with van der Waals surface area (Å²) in [5.74, 6) is -0.914. The third-order valence-corrected chi connectivity index (χ3v) is 5.85. The normalized spacial score (nSPS) is 10.6. The van der Waals surface area contributed by atoms with Gasteiger partial charge in [-0.1, -0.05) is 25.6 Å². The highest BCUT2D eigenvalue weighted by atomic mass is 16.5. The maximum Gasteiger partial charge on any atom is 0.354 e. The van der Waals surface area contributed by atoms with Crippen LogP contribution in [-0.4, -0.2) is 57.8 Å². The number of ether oxygens (including phenoxy) is 2. The Hall–Kier alpha value is -5.38. The summed E-state index contributed by atoms with van der Waals surface area (Å²) in [4.78, 5) is 44.4. The number of rotatable bonds is 7. The van der Waals surface area contributed by atoms with Crippen molar-refractivity contribution in [1.29, 1.82) is 0 Å². The van der Waals surface area contributed by atoms with Gasteiger partial charge in [0.05, 0.1) is 24.5 Å². The van der Waals surface area contributed by atoms with Crippen LogP contribution in [0.15, 0.2) is 71.7 Å². The number of phenolic OH excluding ortho intramolecular Hbond substituents is 2. The zero-order chi connectivity index (χ0) is 28.6. The third kappa shape index (κ3) is 6.80. The Morgan fingerprint density at radius 1 is 0.780 bits per heavy atom. The molecule has 0 unspecified atom stereocenters. The first-order valence-electron chi connectivity index (χ1n) is 12.4. The molecule has 0 bridgehead atoms. The van der Waals surface area contributed by atoms with Crippen LogP contribution in [0, 0.1) is 0 Å². The number of aromatic amines is 2. The molecule has 0 saturated heterocycles. The standard InChI is InChI=1S/C18H16N2O3.C12H11NO4.CH4/c1-2-23-18(22)16-10-13-14(17(21)9-8-15(13)20-16)11-19-12-6-4-3-5-7-12;1-2-17-12(16)10-5-7-8(6-14)11(15)4-3-9(7)13-10;/h3-11,20-21H,2H2,1H3;3-6,13,15H,2H2,1H3;1H4. The van der Waals surface area contributed by atoms with Gasteiger partial charge >= 0.3 is 11.9 Å². The molecule has 0 radical (unpaired) electrons. The summed E-state index contributed by atoms with van der Waals surface area (Å²) in [6, 6.07) is 18.9. The molecule has 41 heavy (non-hydrogen) atoms. The van der Waals surface area contributed by atoms with Crippen molar-refractivity contribution in [2.24, 2.45) is 4.99 Å². The summed E-state index contributed by atoms with van der Waals surface area (Å²) in [5.41, 5.74) is 3.45. The Balaban J connectivity index is 0.000000230. The number of carbonyl (C=O) groups excluding carboxylic acids is 3. The summed E-state index contributed by atoms with van der Waals surface area (Å²) in [5, 5.41) is 20.8. The highest BCUT2D eigenvalue weighted by Crippen LogP contribution is 2.28. The fourth-order valence-corrected chi connectivity index (χ4v) is 3.98. The largest absolute Gasteiger partial charge is 0.507 e. The third-order valence-electron chi connectivity index (χ3n) is 5.85. The lowest BCUT2D eigenvalue weighted by Gasteiger charge is -2.00. The number of para-hydroxylation sites is 1. The number of aromatic hydroxyl groups is 2. The molecule has 2 heterocycles. The first kappa shape index (κ1) is 30.2. The molecule has 0 fully saturated rings. The highest BCUT2D eigenvalue weighted by molar-refractivity contribution is 6.05. The summed E-state index contributed by atoms with van der Waals surface area (Å²) in [6.45, 7) is 4.05. The number of H-pyrrole nitrogens is 2. The van der Waals surface area contributed by atoms with Crippen LogP contribution in [0.1, 0.15) is 58.2 Å². The Morgan fingerprint density at radius 3 is 1.76 bits per heavy atom. The number of hydrogen-bond donors (Lipinski definition) is 4. The van der Waals surface area contributed by atoms with Crippen molar-refractivity contribution in [3.05, 3.63) is 89.2 Å². The number of carbonyl (C=O) groups is 3. The SMILES string of the molecule is C.CCOC(=O)c1cc2c(C=Nc3ccccc3)c(O)ccc2[nH]1.CCOC(=O)c1cc2c(C=O)c(O)ccc2[nH]1. The van der Waals surface area contributed by atoms with Gasteiger partial charge in [0.15, 0.2) is 6.29 Å². The second-order valence-corrected chi connectivity index (χ2v) is 8.44. The van der Waals surface area contributed by atoms with Crippen LogP contribution in [-0.2, 0) is 9.47 Å². The van der Waals surface area contributed by atoms with Crippen molar-refractivity contribution in [3.8, 4) is 11.5 Å². The van der Waals surface area contributed by atoms with E-state index in [0.29, 0.717) is 40.4 Å². The molecule has 0 amide bonds. The van der Waals surface area contributed by atoms with E-state index in [9.17, 15) is 24.6 Å². The molecule has 0 atom stereocenters. The van der Waals surface area contributed by atoms with E-state index in [1.165, 1.54) is 12.1 Å². The Morgan fingerprint density at radius 2 is 1.27 bits per heavy atom. The molecule has 0 aliphatic rings. The maximum atomic E-state index is 11.8. The molecule has 0 aliphatic carbocycles. The van der Waals surface area contributed by atoms with Crippen molar-refractivity contribution in [3.63, 3.8) is 0 Å². The topological polar surface area (TPSA) is 154 Å². The minimum Gasteiger partial charge on any atom is -0.507 e. The number of aldehydes is 1. The van der Waals surface area contributed by atoms with E-state index in [1.54, 1.807) is 44.3 Å². The van der Waals surface area contributed by atoms with Gasteiger partial charge in [0.2, 0.25) is 0 Å². The number of benzene rings is 3. The number of fused-ring (bicyclic) bond motifs is 2. The quantitative estimate of drug-likeness (QED) is 0.104. The summed E-state index contributed by atoms with van der Waals surface area (Å²) in [7, 11) is 0. The van der Waals surface area contributed by atoms with E-state index in [2.05, 4.69) is 15.0 Å². The Bertz CT molecular complexity index is 1700. The number of nitrogens with one attached hydrogen (secondary N) is 2. The van der Waals surface area contributed by atoms with Crippen LogP contribution in [0.3, 0.4) is 0 Å². The lowest BCUT2D eigenvalue weighted by Crippen LogP contribution is -2.04. The van der Waals surface area contributed by atoms with Crippen molar-refractivity contribution < 1.29 is 34.1 Å². The number of hydrogen-bond acceptors (Lipinski definition) is 8. The Labute approximate surface area is 236 Å². The van der Waals surface area contributed by atoms with Crippen molar-refractivity contribution >= 4 is 51.9 Å². The van der Waals surface area contributed by atoms with Crippen molar-refractivity contribution in [2.45, 2.75) is 21.3 Å². The van der Waals surface area contributed by atoms with Gasteiger partial charge in [-0.15, -0.1) is 0 Å². The van der Waals surface area contributed by atoms with Crippen molar-refractivity contribution in [2.75, 3.05) is 13.2 Å². The maximum absolute atomic E-state index is 11.8. The number of aromatic nitrogens is 2. The summed E-state index contributed by atoms with van der Waals surface area (Å²) in [6.07, 6.45) is 2.15.